The smallest absolute Gasteiger partial charge is 0.180 e. The van der Waals surface area contributed by atoms with Crippen LogP contribution in [0.3, 0.4) is 0 Å². The molecule has 4 heteroatoms. The highest BCUT2D eigenvalue weighted by atomic mass is 32.1. The molecule has 0 fully saturated rings. The molecule has 2 aromatic rings. The fraction of sp³-hybridized carbons (Fsp3) is 0.154. The fourth-order valence-corrected chi connectivity index (χ4v) is 2.17. The van der Waals surface area contributed by atoms with Gasteiger partial charge in [-0.15, -0.1) is 11.3 Å². The summed E-state index contributed by atoms with van der Waals surface area (Å²) in [6, 6.07) is 3.63. The molecule has 0 aliphatic heterocycles. The largest absolute Gasteiger partial charge is 0.375 e. The number of benzene rings is 1. The highest BCUT2D eigenvalue weighted by Gasteiger charge is 2.02. The third-order valence-electron chi connectivity index (χ3n) is 2.45. The summed E-state index contributed by atoms with van der Waals surface area (Å²) in [5, 5.41) is 2.44. The van der Waals surface area contributed by atoms with Crippen LogP contribution in [0.15, 0.2) is 17.5 Å². The number of hydrogen-bond acceptors (Lipinski definition) is 3. The van der Waals surface area contributed by atoms with E-state index in [9.17, 15) is 4.39 Å². The van der Waals surface area contributed by atoms with Gasteiger partial charge in [0.1, 0.15) is 5.82 Å². The topological polar surface area (TPSA) is 38.9 Å². The van der Waals surface area contributed by atoms with Crippen molar-refractivity contribution >= 4 is 28.6 Å². The van der Waals surface area contributed by atoms with Gasteiger partial charge < -0.3 is 5.73 Å². The molecular formula is C13H13FN2S. The van der Waals surface area contributed by atoms with E-state index in [2.05, 4.69) is 4.98 Å². The Morgan fingerprint density at radius 1 is 1.24 bits per heavy atom. The molecule has 1 heterocycles. The number of halogens is 1. The molecule has 2 N–H and O–H groups in total. The van der Waals surface area contributed by atoms with Gasteiger partial charge in [-0.05, 0) is 48.7 Å². The zero-order valence-corrected chi connectivity index (χ0v) is 10.5. The number of thiazole rings is 1. The van der Waals surface area contributed by atoms with Crippen molar-refractivity contribution in [1.29, 1.82) is 0 Å². The molecule has 2 rings (SSSR count). The number of aryl methyl sites for hydroxylation is 2. The average molecular weight is 248 g/mol. The Labute approximate surface area is 104 Å². The SMILES string of the molecule is Cc1cc(C=Cc2csc(N)n2)cc(C)c1F. The van der Waals surface area contributed by atoms with E-state index >= 15 is 0 Å². The number of anilines is 1. The molecule has 88 valence electrons. The van der Waals surface area contributed by atoms with Crippen LogP contribution in [0.25, 0.3) is 12.2 Å². The van der Waals surface area contributed by atoms with Gasteiger partial charge >= 0.3 is 0 Å². The first-order chi connectivity index (χ1) is 8.06. The second-order valence-electron chi connectivity index (χ2n) is 3.91. The van der Waals surface area contributed by atoms with Crippen molar-refractivity contribution in [1.82, 2.24) is 4.98 Å². The minimum absolute atomic E-state index is 0.139. The molecular weight excluding hydrogens is 235 g/mol. The summed E-state index contributed by atoms with van der Waals surface area (Å²) in [7, 11) is 0. The molecule has 0 amide bonds. The second kappa shape index (κ2) is 4.67. The van der Waals surface area contributed by atoms with Crippen molar-refractivity contribution in [2.45, 2.75) is 13.8 Å². The summed E-state index contributed by atoms with van der Waals surface area (Å²) in [6.07, 6.45) is 3.78. The number of aromatic nitrogens is 1. The Morgan fingerprint density at radius 2 is 1.88 bits per heavy atom. The van der Waals surface area contributed by atoms with E-state index in [0.717, 1.165) is 11.3 Å². The van der Waals surface area contributed by atoms with E-state index in [1.165, 1.54) is 11.3 Å². The van der Waals surface area contributed by atoms with Gasteiger partial charge in [0.15, 0.2) is 5.13 Å². The van der Waals surface area contributed by atoms with Crippen molar-refractivity contribution in [3.8, 4) is 0 Å². The Hall–Kier alpha value is -1.68. The molecule has 0 atom stereocenters. The molecule has 0 aliphatic carbocycles. The molecule has 2 nitrogen and oxygen atoms in total. The summed E-state index contributed by atoms with van der Waals surface area (Å²) >= 11 is 1.40. The van der Waals surface area contributed by atoms with Crippen LogP contribution in [0.1, 0.15) is 22.4 Å². The molecule has 1 aromatic heterocycles. The number of hydrogen-bond donors (Lipinski definition) is 1. The average Bonchev–Trinajstić information content (AvgIpc) is 2.69. The lowest BCUT2D eigenvalue weighted by atomic mass is 10.1. The van der Waals surface area contributed by atoms with E-state index in [1.54, 1.807) is 13.8 Å². The van der Waals surface area contributed by atoms with E-state index in [1.807, 2.05) is 29.7 Å². The van der Waals surface area contributed by atoms with Crippen LogP contribution in [0, 0.1) is 19.7 Å². The molecule has 0 bridgehead atoms. The third-order valence-corrected chi connectivity index (χ3v) is 3.14. The lowest BCUT2D eigenvalue weighted by molar-refractivity contribution is 0.609. The highest BCUT2D eigenvalue weighted by molar-refractivity contribution is 7.13. The number of nitrogen functional groups attached to an aromatic ring is 1. The Kier molecular flexibility index (Phi) is 3.24. The van der Waals surface area contributed by atoms with Gasteiger partial charge in [-0.2, -0.15) is 0 Å². The summed E-state index contributed by atoms with van der Waals surface area (Å²) in [4.78, 5) is 4.12. The monoisotopic (exact) mass is 248 g/mol. The number of nitrogens with zero attached hydrogens (tertiary/aromatic N) is 1. The minimum Gasteiger partial charge on any atom is -0.375 e. The lowest BCUT2D eigenvalue weighted by Crippen LogP contribution is -1.88. The van der Waals surface area contributed by atoms with Crippen molar-refractivity contribution in [3.63, 3.8) is 0 Å². The molecule has 0 saturated carbocycles. The van der Waals surface area contributed by atoms with Crippen LogP contribution in [0.5, 0.6) is 0 Å². The van der Waals surface area contributed by atoms with Gasteiger partial charge in [0, 0.05) is 5.38 Å². The van der Waals surface area contributed by atoms with Gasteiger partial charge in [-0.25, -0.2) is 9.37 Å². The summed E-state index contributed by atoms with van der Waals surface area (Å²) in [5.74, 6) is -0.139. The van der Waals surface area contributed by atoms with Crippen molar-refractivity contribution < 1.29 is 4.39 Å². The second-order valence-corrected chi connectivity index (χ2v) is 4.80. The van der Waals surface area contributed by atoms with Crippen LogP contribution in [-0.4, -0.2) is 4.98 Å². The Bertz CT molecular complexity index is 550. The normalized spacial score (nSPS) is 11.2. The first-order valence-electron chi connectivity index (χ1n) is 5.22. The van der Waals surface area contributed by atoms with E-state index in [0.29, 0.717) is 16.3 Å². The lowest BCUT2D eigenvalue weighted by Gasteiger charge is -2.02. The quantitative estimate of drug-likeness (QED) is 0.881. The van der Waals surface area contributed by atoms with Gasteiger partial charge in [-0.3, -0.25) is 0 Å². The van der Waals surface area contributed by atoms with E-state index in [-0.39, 0.29) is 5.82 Å². The van der Waals surface area contributed by atoms with Crippen LogP contribution in [-0.2, 0) is 0 Å². The predicted molar refractivity (Wildman–Crippen MR) is 71.3 cm³/mol. The maximum Gasteiger partial charge on any atom is 0.180 e. The van der Waals surface area contributed by atoms with Crippen LogP contribution < -0.4 is 5.73 Å². The maximum absolute atomic E-state index is 13.4. The molecule has 1 aromatic carbocycles. The summed E-state index contributed by atoms with van der Waals surface area (Å²) in [6.45, 7) is 3.53. The van der Waals surface area contributed by atoms with Crippen molar-refractivity contribution in [2.75, 3.05) is 5.73 Å². The van der Waals surface area contributed by atoms with Crippen LogP contribution >= 0.6 is 11.3 Å². The van der Waals surface area contributed by atoms with E-state index in [4.69, 9.17) is 5.73 Å². The summed E-state index contributed by atoms with van der Waals surface area (Å²) in [5.41, 5.74) is 8.64. The minimum atomic E-state index is -0.139. The Morgan fingerprint density at radius 3 is 2.41 bits per heavy atom. The Balaban J connectivity index is 2.27. The molecule has 0 radical (unpaired) electrons. The van der Waals surface area contributed by atoms with E-state index < -0.39 is 0 Å². The van der Waals surface area contributed by atoms with Crippen molar-refractivity contribution in [2.24, 2.45) is 0 Å². The molecule has 17 heavy (non-hydrogen) atoms. The van der Waals surface area contributed by atoms with Crippen LogP contribution in [0.2, 0.25) is 0 Å². The zero-order chi connectivity index (χ0) is 12.4. The standard InChI is InChI=1S/C13H13FN2S/c1-8-5-10(6-9(2)12(8)14)3-4-11-7-17-13(15)16-11/h3-7H,1-2H3,(H2,15,16). The first kappa shape index (κ1) is 11.8. The first-order valence-corrected chi connectivity index (χ1v) is 6.10. The van der Waals surface area contributed by atoms with Gasteiger partial charge in [-0.1, -0.05) is 6.08 Å². The highest BCUT2D eigenvalue weighted by Crippen LogP contribution is 2.18. The van der Waals surface area contributed by atoms with Gasteiger partial charge in [0.2, 0.25) is 0 Å². The molecule has 0 unspecified atom stereocenters. The summed E-state index contributed by atoms with van der Waals surface area (Å²) < 4.78 is 13.4. The van der Waals surface area contributed by atoms with Gasteiger partial charge in [0.25, 0.3) is 0 Å². The number of rotatable bonds is 2. The van der Waals surface area contributed by atoms with Gasteiger partial charge in [0.05, 0.1) is 5.69 Å². The number of nitrogens with two attached hydrogens (primary N) is 1. The maximum atomic E-state index is 13.4. The molecule has 0 saturated heterocycles. The zero-order valence-electron chi connectivity index (χ0n) is 9.70. The van der Waals surface area contributed by atoms with Crippen molar-refractivity contribution in [3.05, 3.63) is 45.7 Å². The molecule has 0 spiro atoms. The third kappa shape index (κ3) is 2.71. The molecule has 0 aliphatic rings. The fourth-order valence-electron chi connectivity index (χ4n) is 1.63. The predicted octanol–water partition coefficient (Wildman–Crippen LogP) is 3.65. The van der Waals surface area contributed by atoms with Crippen LogP contribution in [0.4, 0.5) is 9.52 Å².